The highest BCUT2D eigenvalue weighted by atomic mass is 35.5. The first kappa shape index (κ1) is 21.7. The van der Waals surface area contributed by atoms with Crippen LogP contribution in [0.15, 0.2) is 24.3 Å². The van der Waals surface area contributed by atoms with Crippen molar-refractivity contribution in [2.75, 3.05) is 13.2 Å². The van der Waals surface area contributed by atoms with Crippen LogP contribution in [0.2, 0.25) is 0 Å². The number of guanidine groups is 1. The molecule has 0 aliphatic heterocycles. The van der Waals surface area contributed by atoms with Gasteiger partial charge in [-0.25, -0.2) is 4.79 Å². The quantitative estimate of drug-likeness (QED) is 0.205. The van der Waals surface area contributed by atoms with Crippen LogP contribution in [0.5, 0.6) is 5.75 Å². The molecule has 0 heterocycles. The van der Waals surface area contributed by atoms with Crippen LogP contribution in [0, 0.1) is 5.41 Å². The van der Waals surface area contributed by atoms with Crippen molar-refractivity contribution in [1.82, 2.24) is 5.32 Å². The summed E-state index contributed by atoms with van der Waals surface area (Å²) >= 11 is 0. The minimum Gasteiger partial charge on any atom is -0.462 e. The summed E-state index contributed by atoms with van der Waals surface area (Å²) in [6, 6.07) is 6.27. The van der Waals surface area contributed by atoms with Crippen molar-refractivity contribution >= 4 is 30.3 Å². The number of benzene rings is 1. The van der Waals surface area contributed by atoms with Gasteiger partial charge in [-0.15, -0.1) is 12.4 Å². The fourth-order valence-electron chi connectivity index (χ4n) is 1.85. The molecular weight excluding hydrogens is 334 g/mol. The van der Waals surface area contributed by atoms with Crippen LogP contribution in [-0.4, -0.2) is 31.0 Å². The lowest BCUT2D eigenvalue weighted by Crippen LogP contribution is -2.30. The Balaban J connectivity index is 0.00000529. The fourth-order valence-corrected chi connectivity index (χ4v) is 1.85. The van der Waals surface area contributed by atoms with E-state index in [2.05, 4.69) is 5.32 Å². The van der Waals surface area contributed by atoms with Crippen molar-refractivity contribution < 1.29 is 19.1 Å². The van der Waals surface area contributed by atoms with E-state index in [1.165, 1.54) is 0 Å². The average molecular weight is 358 g/mol. The SMILES string of the molecule is CCOC(=O)c1ccc(OC(=O)CCCCCNC(=N)N)cc1.Cl. The van der Waals surface area contributed by atoms with Crippen molar-refractivity contribution in [3.05, 3.63) is 29.8 Å². The Morgan fingerprint density at radius 2 is 1.83 bits per heavy atom. The van der Waals surface area contributed by atoms with Crippen LogP contribution >= 0.6 is 12.4 Å². The smallest absolute Gasteiger partial charge is 0.338 e. The molecule has 0 atom stereocenters. The summed E-state index contributed by atoms with van der Waals surface area (Å²) in [4.78, 5) is 23.2. The number of hydrogen-bond donors (Lipinski definition) is 3. The lowest BCUT2D eigenvalue weighted by atomic mass is 10.2. The molecule has 7 nitrogen and oxygen atoms in total. The highest BCUT2D eigenvalue weighted by molar-refractivity contribution is 5.89. The predicted molar refractivity (Wildman–Crippen MR) is 93.7 cm³/mol. The van der Waals surface area contributed by atoms with E-state index in [9.17, 15) is 9.59 Å². The maximum atomic E-state index is 11.7. The molecule has 134 valence electrons. The number of nitrogens with two attached hydrogens (primary N) is 1. The van der Waals surface area contributed by atoms with E-state index in [4.69, 9.17) is 20.6 Å². The molecule has 8 heteroatoms. The molecule has 1 rings (SSSR count). The molecule has 0 unspecified atom stereocenters. The van der Waals surface area contributed by atoms with Gasteiger partial charge in [-0.2, -0.15) is 0 Å². The van der Waals surface area contributed by atoms with Crippen molar-refractivity contribution in [2.45, 2.75) is 32.6 Å². The maximum absolute atomic E-state index is 11.7. The van der Waals surface area contributed by atoms with E-state index >= 15 is 0 Å². The topological polar surface area (TPSA) is 114 Å². The van der Waals surface area contributed by atoms with E-state index in [-0.39, 0.29) is 24.3 Å². The molecule has 0 aliphatic rings. The second kappa shape index (κ2) is 12.2. The summed E-state index contributed by atoms with van der Waals surface area (Å²) in [5.41, 5.74) is 5.58. The Bertz CT molecular complexity index is 535. The standard InChI is InChI=1S/C16H23N3O4.ClH/c1-2-22-15(21)12-7-9-13(10-8-12)23-14(20)6-4-3-5-11-19-16(17)18;/h7-10H,2-6,11H2,1H3,(H4,17,18,19);1H. The molecule has 0 amide bonds. The molecule has 1 aromatic carbocycles. The van der Waals surface area contributed by atoms with Gasteiger partial charge >= 0.3 is 11.9 Å². The van der Waals surface area contributed by atoms with E-state index in [1.54, 1.807) is 31.2 Å². The summed E-state index contributed by atoms with van der Waals surface area (Å²) in [5, 5.41) is 9.70. The second-order valence-corrected chi connectivity index (χ2v) is 4.87. The van der Waals surface area contributed by atoms with Gasteiger partial charge in [-0.3, -0.25) is 10.2 Å². The van der Waals surface area contributed by atoms with E-state index in [0.717, 1.165) is 12.8 Å². The van der Waals surface area contributed by atoms with Gasteiger partial charge in [0.15, 0.2) is 5.96 Å². The maximum Gasteiger partial charge on any atom is 0.338 e. The van der Waals surface area contributed by atoms with Crippen molar-refractivity contribution in [3.63, 3.8) is 0 Å². The number of hydrogen-bond acceptors (Lipinski definition) is 5. The first-order chi connectivity index (χ1) is 11.0. The molecule has 24 heavy (non-hydrogen) atoms. The van der Waals surface area contributed by atoms with Crippen LogP contribution in [0.25, 0.3) is 0 Å². The van der Waals surface area contributed by atoms with Gasteiger partial charge in [0, 0.05) is 13.0 Å². The third kappa shape index (κ3) is 8.99. The fraction of sp³-hybridized carbons (Fsp3) is 0.438. The molecule has 0 spiro atoms. The summed E-state index contributed by atoms with van der Waals surface area (Å²) in [6.07, 6.45) is 2.71. The van der Waals surface area contributed by atoms with E-state index in [1.807, 2.05) is 0 Å². The van der Waals surface area contributed by atoms with Gasteiger partial charge in [0.05, 0.1) is 12.2 Å². The number of carbonyl (C=O) groups is 2. The average Bonchev–Trinajstić information content (AvgIpc) is 2.51. The van der Waals surface area contributed by atoms with Crippen LogP contribution < -0.4 is 15.8 Å². The van der Waals surface area contributed by atoms with E-state index < -0.39 is 5.97 Å². The lowest BCUT2D eigenvalue weighted by molar-refractivity contribution is -0.134. The van der Waals surface area contributed by atoms with Crippen LogP contribution in [0.1, 0.15) is 43.0 Å². The normalized spacial score (nSPS) is 9.54. The highest BCUT2D eigenvalue weighted by Gasteiger charge is 2.08. The summed E-state index contributed by atoms with van der Waals surface area (Å²) in [7, 11) is 0. The monoisotopic (exact) mass is 357 g/mol. The van der Waals surface area contributed by atoms with Crippen LogP contribution in [0.4, 0.5) is 0 Å². The number of carbonyl (C=O) groups excluding carboxylic acids is 2. The predicted octanol–water partition coefficient (Wildman–Crippen LogP) is 2.23. The zero-order valence-electron chi connectivity index (χ0n) is 13.7. The first-order valence-corrected chi connectivity index (χ1v) is 7.58. The molecule has 0 saturated carbocycles. The van der Waals surface area contributed by atoms with Crippen LogP contribution in [0.3, 0.4) is 0 Å². The van der Waals surface area contributed by atoms with Gasteiger partial charge in [0.25, 0.3) is 0 Å². The third-order valence-corrected chi connectivity index (χ3v) is 2.97. The Hall–Kier alpha value is -2.28. The lowest BCUT2D eigenvalue weighted by Gasteiger charge is -2.06. The van der Waals surface area contributed by atoms with Crippen molar-refractivity contribution in [3.8, 4) is 5.75 Å². The van der Waals surface area contributed by atoms with Crippen molar-refractivity contribution in [2.24, 2.45) is 5.73 Å². The number of halogens is 1. The van der Waals surface area contributed by atoms with Gasteiger partial charge < -0.3 is 20.5 Å². The number of ether oxygens (including phenoxy) is 2. The Labute approximate surface area is 147 Å². The summed E-state index contributed by atoms with van der Waals surface area (Å²) in [6.45, 7) is 2.68. The van der Waals surface area contributed by atoms with Crippen molar-refractivity contribution in [1.29, 1.82) is 5.41 Å². The number of esters is 2. The Kier molecular flexibility index (Phi) is 11.0. The molecule has 1 aromatic rings. The Morgan fingerprint density at radius 3 is 2.42 bits per heavy atom. The summed E-state index contributed by atoms with van der Waals surface area (Å²) < 4.78 is 10.1. The van der Waals surface area contributed by atoms with Crippen LogP contribution in [-0.2, 0) is 9.53 Å². The highest BCUT2D eigenvalue weighted by Crippen LogP contribution is 2.14. The van der Waals surface area contributed by atoms with Gasteiger partial charge in [0.1, 0.15) is 5.75 Å². The molecule has 0 aliphatic carbocycles. The number of rotatable bonds is 9. The zero-order valence-corrected chi connectivity index (χ0v) is 14.5. The molecule has 0 fully saturated rings. The minimum absolute atomic E-state index is 0. The molecule has 0 radical (unpaired) electrons. The first-order valence-electron chi connectivity index (χ1n) is 7.58. The number of unbranched alkanes of at least 4 members (excludes halogenated alkanes) is 2. The van der Waals surface area contributed by atoms with Gasteiger partial charge in [-0.05, 0) is 44.0 Å². The zero-order chi connectivity index (χ0) is 17.1. The molecule has 0 saturated heterocycles. The van der Waals surface area contributed by atoms with Gasteiger partial charge in [-0.1, -0.05) is 6.42 Å². The van der Waals surface area contributed by atoms with E-state index in [0.29, 0.717) is 37.3 Å². The molecule has 0 aromatic heterocycles. The third-order valence-electron chi connectivity index (χ3n) is 2.97. The Morgan fingerprint density at radius 1 is 1.17 bits per heavy atom. The molecule has 0 bridgehead atoms. The molecule has 4 N–H and O–H groups in total. The summed E-state index contributed by atoms with van der Waals surface area (Å²) in [5.74, 6) is -0.352. The minimum atomic E-state index is -0.399. The largest absolute Gasteiger partial charge is 0.462 e. The molecular formula is C16H24ClN3O4. The number of nitrogens with one attached hydrogen (secondary N) is 2. The van der Waals surface area contributed by atoms with Gasteiger partial charge in [0.2, 0.25) is 0 Å². The second-order valence-electron chi connectivity index (χ2n) is 4.87.